The van der Waals surface area contributed by atoms with Crippen molar-refractivity contribution in [3.05, 3.63) is 24.8 Å². The van der Waals surface area contributed by atoms with E-state index in [-0.39, 0.29) is 0 Å². The molecule has 1 rings (SSSR count). The Morgan fingerprint density at radius 1 is 0.643 bits per heavy atom. The Hall–Kier alpha value is -0.920. The third-order valence-electron chi connectivity index (χ3n) is 1.63. The van der Waals surface area contributed by atoms with Gasteiger partial charge in [0.25, 0.3) is 0 Å². The summed E-state index contributed by atoms with van der Waals surface area (Å²) in [5.74, 6) is 0. The number of aryl methyl sites for hydroxylation is 2. The maximum atomic E-state index is 2.14. The first kappa shape index (κ1) is 15.5. The molecule has 0 aromatic carbocycles. The van der Waals surface area contributed by atoms with Gasteiger partial charge in [-0.15, -0.1) is 0 Å². The largest absolute Gasteiger partial charge is 0.233 e. The van der Waals surface area contributed by atoms with Crippen LogP contribution in [0.25, 0.3) is 0 Å². The molecule has 82 valence electrons. The third-order valence-corrected chi connectivity index (χ3v) is 1.63. The summed E-state index contributed by atoms with van der Waals surface area (Å²) in [6, 6.07) is 0. The number of hydrogen-bond acceptors (Lipinski definition) is 0. The van der Waals surface area contributed by atoms with Crippen LogP contribution >= 0.6 is 0 Å². The summed E-state index contributed by atoms with van der Waals surface area (Å²) in [6.45, 7) is 14.4. The molecule has 2 heteroatoms. The van der Waals surface area contributed by atoms with Gasteiger partial charge in [0.1, 0.15) is 13.1 Å². The molecule has 1 aromatic heterocycles. The molecule has 0 saturated heterocycles. The van der Waals surface area contributed by atoms with Gasteiger partial charge >= 0.3 is 0 Å². The van der Waals surface area contributed by atoms with Gasteiger partial charge in [0.2, 0.25) is 24.8 Å². The van der Waals surface area contributed by atoms with Crippen LogP contribution in [0, 0.1) is 0 Å². The lowest BCUT2D eigenvalue weighted by molar-refractivity contribution is -0.747. The maximum Gasteiger partial charge on any atom is 0.233 e. The van der Waals surface area contributed by atoms with E-state index >= 15 is 0 Å². The van der Waals surface area contributed by atoms with Crippen LogP contribution in [-0.2, 0) is 13.1 Å². The van der Waals surface area contributed by atoms with E-state index in [0.717, 1.165) is 13.1 Å². The number of rotatable bonds is 2. The molecular formula is C12H26N2+2. The van der Waals surface area contributed by atoms with E-state index in [9.17, 15) is 0 Å². The lowest BCUT2D eigenvalue weighted by Gasteiger charge is -1.88. The van der Waals surface area contributed by atoms with E-state index in [1.54, 1.807) is 0 Å². The third kappa shape index (κ3) is 6.58. The molecule has 0 N–H and O–H groups in total. The first-order valence-corrected chi connectivity index (χ1v) is 5.75. The van der Waals surface area contributed by atoms with Crippen molar-refractivity contribution in [1.29, 1.82) is 0 Å². The van der Waals surface area contributed by atoms with Gasteiger partial charge in [-0.2, -0.15) is 9.13 Å². The molecule has 14 heavy (non-hydrogen) atoms. The fourth-order valence-corrected chi connectivity index (χ4v) is 0.864. The van der Waals surface area contributed by atoms with E-state index in [1.165, 1.54) is 0 Å². The second kappa shape index (κ2) is 12.1. The van der Waals surface area contributed by atoms with Crippen molar-refractivity contribution in [1.82, 2.24) is 0 Å². The molecule has 0 saturated carbocycles. The van der Waals surface area contributed by atoms with E-state index in [4.69, 9.17) is 0 Å². The minimum Gasteiger partial charge on any atom is -0.195 e. The Morgan fingerprint density at radius 3 is 1.00 bits per heavy atom. The Kier molecular flexibility index (Phi) is 13.4. The maximum absolute atomic E-state index is 2.14. The summed E-state index contributed by atoms with van der Waals surface area (Å²) < 4.78 is 4.29. The molecule has 1 heterocycles. The standard InChI is InChI=1S/C8H14N2.2C2H6/c1-3-9-5-7-10(4-2)8-6-9;2*1-2/h5-8H,3-4H2,1-2H3;2*1-2H3/q+2;;. The fraction of sp³-hybridized carbons (Fsp3) is 0.667. The monoisotopic (exact) mass is 198 g/mol. The van der Waals surface area contributed by atoms with Crippen LogP contribution in [-0.4, -0.2) is 0 Å². The average molecular weight is 198 g/mol. The average Bonchev–Trinajstić information content (AvgIpc) is 2.34. The molecule has 2 nitrogen and oxygen atoms in total. The summed E-state index contributed by atoms with van der Waals surface area (Å²) in [4.78, 5) is 0. The second-order valence-corrected chi connectivity index (χ2v) is 2.26. The predicted molar refractivity (Wildman–Crippen MR) is 60.9 cm³/mol. The zero-order valence-electron chi connectivity index (χ0n) is 10.6. The molecule has 0 spiro atoms. The molecule has 0 atom stereocenters. The smallest absolute Gasteiger partial charge is 0.195 e. The first-order chi connectivity index (χ1) is 6.86. The highest BCUT2D eigenvalue weighted by molar-refractivity contribution is 4.52. The summed E-state index contributed by atoms with van der Waals surface area (Å²) in [6.07, 6.45) is 8.35. The van der Waals surface area contributed by atoms with Crippen molar-refractivity contribution in [3.8, 4) is 0 Å². The van der Waals surface area contributed by atoms with E-state index in [2.05, 4.69) is 47.8 Å². The minimum atomic E-state index is 1.05. The van der Waals surface area contributed by atoms with Crippen LogP contribution in [0.3, 0.4) is 0 Å². The van der Waals surface area contributed by atoms with Crippen molar-refractivity contribution in [2.75, 3.05) is 0 Å². The molecule has 0 radical (unpaired) electrons. The van der Waals surface area contributed by atoms with Crippen LogP contribution < -0.4 is 9.13 Å². The van der Waals surface area contributed by atoms with Crippen LogP contribution in [0.15, 0.2) is 24.8 Å². The molecule has 0 aliphatic heterocycles. The van der Waals surface area contributed by atoms with Crippen molar-refractivity contribution >= 4 is 0 Å². The van der Waals surface area contributed by atoms with Gasteiger partial charge in [-0.1, -0.05) is 27.7 Å². The second-order valence-electron chi connectivity index (χ2n) is 2.26. The van der Waals surface area contributed by atoms with Crippen molar-refractivity contribution in [2.45, 2.75) is 54.6 Å². The number of nitrogens with zero attached hydrogens (tertiary/aromatic N) is 2. The zero-order valence-corrected chi connectivity index (χ0v) is 10.6. The highest BCUT2D eigenvalue weighted by Gasteiger charge is 1.99. The van der Waals surface area contributed by atoms with Crippen LogP contribution in [0.1, 0.15) is 41.5 Å². The number of aromatic nitrogens is 2. The Balaban J connectivity index is 0. The summed E-state index contributed by atoms with van der Waals surface area (Å²) in [5.41, 5.74) is 0. The van der Waals surface area contributed by atoms with Gasteiger partial charge in [-0.3, -0.25) is 0 Å². The predicted octanol–water partition coefficient (Wildman–Crippen LogP) is 2.35. The van der Waals surface area contributed by atoms with Crippen molar-refractivity contribution in [3.63, 3.8) is 0 Å². The van der Waals surface area contributed by atoms with Gasteiger partial charge in [0.05, 0.1) is 0 Å². The lowest BCUT2D eigenvalue weighted by Crippen LogP contribution is -2.40. The van der Waals surface area contributed by atoms with E-state index in [1.807, 2.05) is 27.7 Å². The molecule has 0 unspecified atom stereocenters. The van der Waals surface area contributed by atoms with Crippen molar-refractivity contribution < 1.29 is 9.13 Å². The van der Waals surface area contributed by atoms with Crippen LogP contribution in [0.2, 0.25) is 0 Å². The van der Waals surface area contributed by atoms with Crippen LogP contribution in [0.5, 0.6) is 0 Å². The van der Waals surface area contributed by atoms with E-state index < -0.39 is 0 Å². The Labute approximate surface area is 89.2 Å². The fourth-order valence-electron chi connectivity index (χ4n) is 0.864. The summed E-state index contributed by atoms with van der Waals surface area (Å²) in [7, 11) is 0. The normalized spacial score (nSPS) is 7.86. The molecule has 1 aromatic rings. The highest BCUT2D eigenvalue weighted by Crippen LogP contribution is 1.69. The van der Waals surface area contributed by atoms with Gasteiger partial charge in [-0.25, -0.2) is 0 Å². The molecule has 0 aliphatic rings. The van der Waals surface area contributed by atoms with E-state index in [0.29, 0.717) is 0 Å². The van der Waals surface area contributed by atoms with Crippen LogP contribution in [0.4, 0.5) is 0 Å². The molecular weight excluding hydrogens is 172 g/mol. The minimum absolute atomic E-state index is 1.05. The zero-order chi connectivity index (χ0) is 11.4. The molecule has 0 amide bonds. The quantitative estimate of drug-likeness (QED) is 0.645. The Morgan fingerprint density at radius 2 is 0.857 bits per heavy atom. The van der Waals surface area contributed by atoms with Gasteiger partial charge in [0, 0.05) is 0 Å². The molecule has 0 fully saturated rings. The SMILES string of the molecule is CC.CC.CC[n+]1cc[n+](CC)cc1. The summed E-state index contributed by atoms with van der Waals surface area (Å²) in [5, 5.41) is 0. The highest BCUT2D eigenvalue weighted by atomic mass is 15.0. The van der Waals surface area contributed by atoms with Gasteiger partial charge in [0.15, 0.2) is 0 Å². The summed E-state index contributed by atoms with van der Waals surface area (Å²) >= 11 is 0. The van der Waals surface area contributed by atoms with Gasteiger partial charge < -0.3 is 0 Å². The number of hydrogen-bond donors (Lipinski definition) is 0. The Bertz CT molecular complexity index is 169. The lowest BCUT2D eigenvalue weighted by atomic mass is 10.6. The van der Waals surface area contributed by atoms with Gasteiger partial charge in [-0.05, 0) is 13.8 Å². The van der Waals surface area contributed by atoms with Crippen molar-refractivity contribution in [2.24, 2.45) is 0 Å². The molecule has 0 bridgehead atoms. The topological polar surface area (TPSA) is 7.76 Å². The molecule has 0 aliphatic carbocycles. The first-order valence-electron chi connectivity index (χ1n) is 5.75.